The number of rotatable bonds is 7. The van der Waals surface area contributed by atoms with Gasteiger partial charge >= 0.3 is 11.8 Å². The number of hydrogen-bond donors (Lipinski definition) is 5. The van der Waals surface area contributed by atoms with Gasteiger partial charge in [0.15, 0.2) is 12.8 Å². The van der Waals surface area contributed by atoms with Gasteiger partial charge in [-0.2, -0.15) is 4.39 Å². The number of ether oxygens (including phenoxy) is 2. The number of alkyl halides is 2. The van der Waals surface area contributed by atoms with E-state index in [1.165, 1.54) is 14.1 Å². The largest absolute Gasteiger partial charge is 0.451 e. The molecule has 2 amide bonds. The van der Waals surface area contributed by atoms with Crippen LogP contribution in [0.1, 0.15) is 6.92 Å². The molecule has 1 rings (SSSR count). The molecule has 0 spiro atoms. The quantitative estimate of drug-likeness (QED) is 0.266. The van der Waals surface area contributed by atoms with E-state index in [4.69, 9.17) is 15.6 Å². The molecule has 11 nitrogen and oxygen atoms in total. The van der Waals surface area contributed by atoms with Gasteiger partial charge in [0.1, 0.15) is 18.3 Å². The minimum absolute atomic E-state index is 0.726. The zero-order valence-electron chi connectivity index (χ0n) is 15.5. The fourth-order valence-electron chi connectivity index (χ4n) is 2.52. The molecule has 1 fully saturated rings. The number of carbonyl (C=O) groups excluding carboxylic acids is 3. The number of carbonyl (C=O) groups is 3. The molecule has 1 aliphatic rings. The average Bonchev–Trinajstić information content (AvgIpc) is 2.64. The maximum absolute atomic E-state index is 15.1. The summed E-state index contributed by atoms with van der Waals surface area (Å²) >= 11 is 0. The molecule has 0 saturated carbocycles. The number of esters is 1. The van der Waals surface area contributed by atoms with Crippen molar-refractivity contribution in [3.63, 3.8) is 0 Å². The van der Waals surface area contributed by atoms with Crippen LogP contribution in [0.4, 0.5) is 8.78 Å². The van der Waals surface area contributed by atoms with Gasteiger partial charge in [-0.15, -0.1) is 0 Å². The minimum atomic E-state index is -3.83. The number of likely N-dealkylation sites (N-methyl/N-ethyl adjacent to an activating group) is 1. The predicted molar refractivity (Wildman–Crippen MR) is 87.9 cm³/mol. The van der Waals surface area contributed by atoms with Gasteiger partial charge in [-0.1, -0.05) is 0 Å². The second-order valence-electron chi connectivity index (χ2n) is 6.54. The van der Waals surface area contributed by atoms with Crippen molar-refractivity contribution in [1.29, 1.82) is 0 Å². The topological polar surface area (TPSA) is 172 Å². The Bertz CT molecular complexity index is 596. The number of hydrogen-bond acceptors (Lipinski definition) is 9. The van der Waals surface area contributed by atoms with Crippen LogP contribution in [0, 0.1) is 0 Å². The fraction of sp³-hybridized carbons (Fsp3) is 0.800. The Morgan fingerprint density at radius 3 is 2.39 bits per heavy atom. The van der Waals surface area contributed by atoms with Crippen molar-refractivity contribution < 1.29 is 48.0 Å². The van der Waals surface area contributed by atoms with Gasteiger partial charge in [-0.3, -0.25) is 9.59 Å². The minimum Gasteiger partial charge on any atom is -0.451 e. The molecule has 0 unspecified atom stereocenters. The number of halogens is 2. The highest BCUT2D eigenvalue weighted by Crippen LogP contribution is 2.35. The summed E-state index contributed by atoms with van der Waals surface area (Å²) in [4.78, 5) is 35.9. The summed E-state index contributed by atoms with van der Waals surface area (Å²) in [6.07, 6.45) is -8.69. The normalized spacial score (nSPS) is 32.2. The Labute approximate surface area is 159 Å². The molecule has 0 bridgehead atoms. The smallest absolute Gasteiger partial charge is 0.375 e. The van der Waals surface area contributed by atoms with Crippen LogP contribution in [0.2, 0.25) is 0 Å². The summed E-state index contributed by atoms with van der Waals surface area (Å²) in [5.41, 5.74) is 5.61. The first kappa shape index (κ1) is 24.1. The maximum atomic E-state index is 15.1. The molecule has 0 aromatic heterocycles. The van der Waals surface area contributed by atoms with Crippen molar-refractivity contribution in [1.82, 2.24) is 10.2 Å². The van der Waals surface area contributed by atoms with Crippen molar-refractivity contribution >= 4 is 17.8 Å². The molecule has 0 aliphatic carbocycles. The molecule has 6 N–H and O–H groups in total. The molecule has 0 radical (unpaired) electrons. The standard InChI is InChI=1S/C15H25F2N3O8/c1-6(22)19-10-9(18)13(16)15(17,14(26)27-5-8(24)20(2)3)28-12(10)11(25)7(23)4-21/h7,9-13,21,23,25H,4-5,18H2,1-3H3,(H,19,22)/t7-,9-,10-,11-,12-,13-,15-/m1/s1. The third kappa shape index (κ3) is 5.11. The van der Waals surface area contributed by atoms with Gasteiger partial charge in [0.25, 0.3) is 5.91 Å². The van der Waals surface area contributed by atoms with E-state index in [1.54, 1.807) is 0 Å². The van der Waals surface area contributed by atoms with Crippen LogP contribution in [0.3, 0.4) is 0 Å². The maximum Gasteiger partial charge on any atom is 0.375 e. The second kappa shape index (κ2) is 9.52. The molecule has 1 heterocycles. The van der Waals surface area contributed by atoms with Gasteiger partial charge in [0.05, 0.1) is 18.7 Å². The number of aliphatic hydroxyl groups is 3. The summed E-state index contributed by atoms with van der Waals surface area (Å²) in [5.74, 6) is -7.21. The molecule has 0 aromatic rings. The van der Waals surface area contributed by atoms with Crippen molar-refractivity contribution in [3.05, 3.63) is 0 Å². The Kier molecular flexibility index (Phi) is 8.19. The van der Waals surface area contributed by atoms with E-state index >= 15 is 4.39 Å². The third-order valence-electron chi connectivity index (χ3n) is 4.16. The third-order valence-corrected chi connectivity index (χ3v) is 4.16. The van der Waals surface area contributed by atoms with Crippen molar-refractivity contribution in [2.45, 2.75) is 49.3 Å². The fourth-order valence-corrected chi connectivity index (χ4v) is 2.52. The van der Waals surface area contributed by atoms with Crippen molar-refractivity contribution in [3.8, 4) is 0 Å². The molecule has 162 valence electrons. The summed E-state index contributed by atoms with van der Waals surface area (Å²) < 4.78 is 38.9. The lowest BCUT2D eigenvalue weighted by Gasteiger charge is -2.46. The van der Waals surface area contributed by atoms with Gasteiger partial charge in [-0.25, -0.2) is 9.18 Å². The summed E-state index contributed by atoms with van der Waals surface area (Å²) in [6, 6.07) is -3.45. The number of aliphatic hydroxyl groups excluding tert-OH is 3. The van der Waals surface area contributed by atoms with Crippen molar-refractivity contribution in [2.75, 3.05) is 27.3 Å². The molecule has 1 saturated heterocycles. The lowest BCUT2D eigenvalue weighted by Crippen LogP contribution is -2.73. The Balaban J connectivity index is 3.15. The number of nitrogens with one attached hydrogen (secondary N) is 1. The van der Waals surface area contributed by atoms with Crippen LogP contribution >= 0.6 is 0 Å². The first-order chi connectivity index (χ1) is 12.9. The van der Waals surface area contributed by atoms with E-state index < -0.39 is 73.4 Å². The number of amides is 2. The van der Waals surface area contributed by atoms with E-state index in [-0.39, 0.29) is 0 Å². The van der Waals surface area contributed by atoms with Crippen LogP contribution in [-0.4, -0.2) is 108 Å². The molecule has 0 aromatic carbocycles. The highest BCUT2D eigenvalue weighted by atomic mass is 19.2. The van der Waals surface area contributed by atoms with Crippen LogP contribution in [0.15, 0.2) is 0 Å². The lowest BCUT2D eigenvalue weighted by molar-refractivity contribution is -0.278. The first-order valence-electron chi connectivity index (χ1n) is 8.24. The Hall–Kier alpha value is -1.93. The van der Waals surface area contributed by atoms with Gasteiger partial charge in [0, 0.05) is 21.0 Å². The second-order valence-corrected chi connectivity index (χ2v) is 6.54. The zero-order valence-corrected chi connectivity index (χ0v) is 15.5. The van der Waals surface area contributed by atoms with Gasteiger partial charge < -0.3 is 40.7 Å². The summed E-state index contributed by atoms with van der Waals surface area (Å²) in [7, 11) is 2.68. The van der Waals surface area contributed by atoms with Gasteiger partial charge in [0.2, 0.25) is 5.91 Å². The molecule has 13 heteroatoms. The molecule has 7 atom stereocenters. The van der Waals surface area contributed by atoms with Crippen LogP contribution < -0.4 is 11.1 Å². The Morgan fingerprint density at radius 1 is 1.36 bits per heavy atom. The van der Waals surface area contributed by atoms with E-state index in [1.807, 2.05) is 0 Å². The highest BCUT2D eigenvalue weighted by molar-refractivity contribution is 5.84. The van der Waals surface area contributed by atoms with Crippen LogP contribution in [0.5, 0.6) is 0 Å². The lowest BCUT2D eigenvalue weighted by atomic mass is 9.86. The van der Waals surface area contributed by atoms with E-state index in [2.05, 4.69) is 10.1 Å². The van der Waals surface area contributed by atoms with E-state index in [0.717, 1.165) is 11.8 Å². The van der Waals surface area contributed by atoms with Crippen LogP contribution in [0.25, 0.3) is 0 Å². The molecule has 1 aliphatic heterocycles. The number of nitrogens with zero attached hydrogens (tertiary/aromatic N) is 1. The van der Waals surface area contributed by atoms with Crippen molar-refractivity contribution in [2.24, 2.45) is 5.73 Å². The predicted octanol–water partition coefficient (Wildman–Crippen LogP) is -3.43. The molecular weight excluding hydrogens is 388 g/mol. The first-order valence-corrected chi connectivity index (χ1v) is 8.24. The Morgan fingerprint density at radius 2 is 1.93 bits per heavy atom. The molecular formula is C15H25F2N3O8. The SMILES string of the molecule is CC(=O)N[C@@H]1[C@@H](N)[C@@H](F)[C@](F)(C(=O)OCC(=O)N(C)C)O[C@H]1[C@H](O)[C@H](O)CO. The summed E-state index contributed by atoms with van der Waals surface area (Å²) in [5, 5.41) is 30.8. The van der Waals surface area contributed by atoms with Gasteiger partial charge in [-0.05, 0) is 0 Å². The highest BCUT2D eigenvalue weighted by Gasteiger charge is 2.62. The van der Waals surface area contributed by atoms with E-state index in [9.17, 15) is 29.0 Å². The number of nitrogens with two attached hydrogens (primary N) is 1. The summed E-state index contributed by atoms with van der Waals surface area (Å²) in [6.45, 7) is -0.863. The average molecular weight is 413 g/mol. The monoisotopic (exact) mass is 413 g/mol. The van der Waals surface area contributed by atoms with Crippen LogP contribution in [-0.2, 0) is 23.9 Å². The molecule has 28 heavy (non-hydrogen) atoms. The zero-order chi connectivity index (χ0) is 21.8. The van der Waals surface area contributed by atoms with E-state index in [0.29, 0.717) is 0 Å².